The molecule has 0 bridgehead atoms. The summed E-state index contributed by atoms with van der Waals surface area (Å²) in [6, 6.07) is 23.8. The van der Waals surface area contributed by atoms with Gasteiger partial charge in [0, 0.05) is 23.3 Å². The molecule has 166 valence electrons. The summed E-state index contributed by atoms with van der Waals surface area (Å²) in [5.74, 6) is 0.252. The summed E-state index contributed by atoms with van der Waals surface area (Å²) in [5, 5.41) is 14.7. The second-order valence-corrected chi connectivity index (χ2v) is 8.87. The molecule has 33 heavy (non-hydrogen) atoms. The Morgan fingerprint density at radius 2 is 1.67 bits per heavy atom. The number of aromatic nitrogens is 2. The molecule has 0 amide bonds. The van der Waals surface area contributed by atoms with E-state index in [-0.39, 0.29) is 17.8 Å². The van der Waals surface area contributed by atoms with Crippen LogP contribution in [0.25, 0.3) is 5.69 Å². The number of rotatable bonds is 4. The van der Waals surface area contributed by atoms with E-state index < -0.39 is 0 Å². The molecule has 1 fully saturated rings. The van der Waals surface area contributed by atoms with Crippen molar-refractivity contribution >= 4 is 23.0 Å². The lowest BCUT2D eigenvalue weighted by molar-refractivity contribution is 0.471. The van der Waals surface area contributed by atoms with Gasteiger partial charge in [0.15, 0.2) is 5.11 Å². The molecule has 0 radical (unpaired) electrons. The van der Waals surface area contributed by atoms with E-state index in [1.165, 1.54) is 5.56 Å². The van der Waals surface area contributed by atoms with E-state index in [1.54, 1.807) is 6.07 Å². The van der Waals surface area contributed by atoms with Gasteiger partial charge in [-0.05, 0) is 81.0 Å². The zero-order valence-corrected chi connectivity index (χ0v) is 19.7. The summed E-state index contributed by atoms with van der Waals surface area (Å²) in [4.78, 5) is 6.83. The van der Waals surface area contributed by atoms with Gasteiger partial charge in [0.2, 0.25) is 0 Å². The van der Waals surface area contributed by atoms with Crippen LogP contribution in [0.3, 0.4) is 0 Å². The number of anilines is 1. The lowest BCUT2D eigenvalue weighted by Gasteiger charge is -2.28. The predicted octanol–water partition coefficient (Wildman–Crippen LogP) is 5.68. The second-order valence-electron chi connectivity index (χ2n) is 8.48. The fourth-order valence-corrected chi connectivity index (χ4v) is 5.11. The molecule has 0 saturated carbocycles. The Morgan fingerprint density at radius 1 is 0.939 bits per heavy atom. The molecule has 2 aromatic heterocycles. The quantitative estimate of drug-likeness (QED) is 0.389. The monoisotopic (exact) mass is 454 g/mol. The number of benzene rings is 2. The van der Waals surface area contributed by atoms with Crippen molar-refractivity contribution in [2.45, 2.75) is 32.9 Å². The number of nitrogens with zero attached hydrogens (tertiary/aromatic N) is 3. The number of nitrogens with one attached hydrogen (secondary N) is 1. The molecule has 1 saturated heterocycles. The van der Waals surface area contributed by atoms with E-state index in [0.717, 1.165) is 34.0 Å². The van der Waals surface area contributed by atoms with Crippen LogP contribution in [0.1, 0.15) is 40.3 Å². The maximum atomic E-state index is 10.5. The third kappa shape index (κ3) is 3.66. The molecule has 2 aromatic carbocycles. The Hall–Kier alpha value is -3.64. The number of phenols is 1. The van der Waals surface area contributed by atoms with E-state index >= 15 is 0 Å². The minimum Gasteiger partial charge on any atom is -0.506 e. The Balaban J connectivity index is 1.69. The van der Waals surface area contributed by atoms with Crippen molar-refractivity contribution in [2.75, 3.05) is 4.90 Å². The standard InChI is InChI=1S/C27H26N4OS/c1-17-11-13-20(14-12-17)31-26(25(29-27(31)33)22-8-6-7-15-28-22)21-16-18(2)30(19(21)3)23-9-4-5-10-24(23)32/h4-16,25-26,32H,1-3H3,(H,29,33)/t25-,26+/m1/s1. The summed E-state index contributed by atoms with van der Waals surface area (Å²) in [7, 11) is 0. The number of hydrogen-bond donors (Lipinski definition) is 2. The Bertz CT molecular complexity index is 1310. The largest absolute Gasteiger partial charge is 0.506 e. The van der Waals surface area contributed by atoms with Crippen LogP contribution in [0.4, 0.5) is 5.69 Å². The molecule has 5 nitrogen and oxygen atoms in total. The van der Waals surface area contributed by atoms with Crippen LogP contribution in [0.5, 0.6) is 5.75 Å². The highest BCUT2D eigenvalue weighted by atomic mass is 32.1. The highest BCUT2D eigenvalue weighted by Crippen LogP contribution is 2.44. The fraction of sp³-hybridized carbons (Fsp3) is 0.185. The number of pyridine rings is 1. The Labute approximate surface area is 199 Å². The minimum atomic E-state index is -0.113. The van der Waals surface area contributed by atoms with Crippen LogP contribution in [0.2, 0.25) is 0 Å². The SMILES string of the molecule is Cc1ccc(N2C(=S)N[C@H](c3ccccn3)[C@@H]2c2cc(C)n(-c3ccccc3O)c2C)cc1. The molecule has 1 aliphatic heterocycles. The summed E-state index contributed by atoms with van der Waals surface area (Å²) in [6.45, 7) is 6.24. The molecule has 3 heterocycles. The molecular formula is C27H26N4OS. The topological polar surface area (TPSA) is 53.3 Å². The summed E-state index contributed by atoms with van der Waals surface area (Å²) in [6.07, 6.45) is 1.82. The van der Waals surface area contributed by atoms with Gasteiger partial charge in [-0.1, -0.05) is 35.9 Å². The van der Waals surface area contributed by atoms with E-state index in [4.69, 9.17) is 12.2 Å². The first kappa shape index (κ1) is 21.2. The van der Waals surface area contributed by atoms with Crippen molar-refractivity contribution in [3.63, 3.8) is 0 Å². The molecule has 2 N–H and O–H groups in total. The number of para-hydroxylation sites is 2. The maximum Gasteiger partial charge on any atom is 0.174 e. The summed E-state index contributed by atoms with van der Waals surface area (Å²) < 4.78 is 2.11. The molecule has 0 spiro atoms. The molecule has 4 aromatic rings. The van der Waals surface area contributed by atoms with Crippen molar-refractivity contribution in [3.05, 3.63) is 107 Å². The zero-order valence-electron chi connectivity index (χ0n) is 18.9. The second kappa shape index (κ2) is 8.37. The third-order valence-electron chi connectivity index (χ3n) is 6.32. The van der Waals surface area contributed by atoms with Gasteiger partial charge >= 0.3 is 0 Å². The Morgan fingerprint density at radius 3 is 2.36 bits per heavy atom. The third-order valence-corrected chi connectivity index (χ3v) is 6.64. The highest BCUT2D eigenvalue weighted by Gasteiger charge is 2.42. The number of aromatic hydroxyl groups is 1. The lowest BCUT2D eigenvalue weighted by Crippen LogP contribution is -2.29. The molecule has 1 aliphatic rings. The molecule has 0 aliphatic carbocycles. The fourth-order valence-electron chi connectivity index (χ4n) is 4.77. The van der Waals surface area contributed by atoms with E-state index in [9.17, 15) is 5.11 Å². The summed E-state index contributed by atoms with van der Waals surface area (Å²) in [5.41, 5.74) is 7.19. The number of aryl methyl sites for hydroxylation is 2. The van der Waals surface area contributed by atoms with Gasteiger partial charge in [0.1, 0.15) is 5.75 Å². The first-order valence-corrected chi connectivity index (χ1v) is 11.4. The number of hydrogen-bond acceptors (Lipinski definition) is 3. The first-order chi connectivity index (χ1) is 16.0. The highest BCUT2D eigenvalue weighted by molar-refractivity contribution is 7.80. The van der Waals surface area contributed by atoms with Crippen molar-refractivity contribution in [1.29, 1.82) is 0 Å². The van der Waals surface area contributed by atoms with Crippen molar-refractivity contribution in [1.82, 2.24) is 14.9 Å². The molecule has 5 rings (SSSR count). The van der Waals surface area contributed by atoms with Gasteiger partial charge in [0.05, 0.1) is 23.5 Å². The van der Waals surface area contributed by atoms with Gasteiger partial charge in [0.25, 0.3) is 0 Å². The van der Waals surface area contributed by atoms with Crippen LogP contribution in [0, 0.1) is 20.8 Å². The summed E-state index contributed by atoms with van der Waals surface area (Å²) >= 11 is 5.85. The van der Waals surface area contributed by atoms with Crippen LogP contribution < -0.4 is 10.2 Å². The zero-order chi connectivity index (χ0) is 23.1. The molecular weight excluding hydrogens is 428 g/mol. The normalized spacial score (nSPS) is 17.9. The minimum absolute atomic E-state index is 0.0964. The maximum absolute atomic E-state index is 10.5. The smallest absolute Gasteiger partial charge is 0.174 e. The van der Waals surface area contributed by atoms with Gasteiger partial charge in [-0.25, -0.2) is 0 Å². The average molecular weight is 455 g/mol. The van der Waals surface area contributed by atoms with Gasteiger partial charge < -0.3 is 19.9 Å². The van der Waals surface area contributed by atoms with Crippen molar-refractivity contribution in [2.24, 2.45) is 0 Å². The molecule has 6 heteroatoms. The van der Waals surface area contributed by atoms with E-state index in [1.807, 2.05) is 42.6 Å². The average Bonchev–Trinajstić information content (AvgIpc) is 3.31. The van der Waals surface area contributed by atoms with Crippen LogP contribution in [-0.2, 0) is 0 Å². The molecule has 0 unspecified atom stereocenters. The van der Waals surface area contributed by atoms with Crippen molar-refractivity contribution < 1.29 is 5.11 Å². The van der Waals surface area contributed by atoms with E-state index in [2.05, 4.69) is 70.9 Å². The van der Waals surface area contributed by atoms with Crippen LogP contribution in [0.15, 0.2) is 79.0 Å². The first-order valence-electron chi connectivity index (χ1n) is 11.0. The predicted molar refractivity (Wildman–Crippen MR) is 136 cm³/mol. The lowest BCUT2D eigenvalue weighted by atomic mass is 9.96. The molecule has 2 atom stereocenters. The number of phenolic OH excluding ortho intramolecular Hbond substituents is 1. The van der Waals surface area contributed by atoms with Crippen LogP contribution in [-0.4, -0.2) is 19.8 Å². The van der Waals surface area contributed by atoms with Gasteiger partial charge in [-0.3, -0.25) is 4.98 Å². The number of thiocarbonyl (C=S) groups is 1. The van der Waals surface area contributed by atoms with Gasteiger partial charge in [-0.15, -0.1) is 0 Å². The van der Waals surface area contributed by atoms with E-state index in [0.29, 0.717) is 5.11 Å². The van der Waals surface area contributed by atoms with Crippen LogP contribution >= 0.6 is 12.2 Å². The van der Waals surface area contributed by atoms with Gasteiger partial charge in [-0.2, -0.15) is 0 Å². The Kier molecular flexibility index (Phi) is 5.38. The van der Waals surface area contributed by atoms with Crippen molar-refractivity contribution in [3.8, 4) is 11.4 Å².